The van der Waals surface area contributed by atoms with Crippen LogP contribution in [0.15, 0.2) is 47.6 Å². The molecule has 24 heavy (non-hydrogen) atoms. The third kappa shape index (κ3) is 3.98. The quantitative estimate of drug-likeness (QED) is 0.455. The van der Waals surface area contributed by atoms with Gasteiger partial charge in [0.15, 0.2) is 0 Å². The third-order valence-corrected chi connectivity index (χ3v) is 4.52. The smallest absolute Gasteiger partial charge is 0.294 e. The van der Waals surface area contributed by atoms with Crippen LogP contribution in [0.25, 0.3) is 10.9 Å². The van der Waals surface area contributed by atoms with Crippen LogP contribution in [-0.2, 0) is 10.1 Å². The summed E-state index contributed by atoms with van der Waals surface area (Å²) in [6, 6.07) is 10.2. The summed E-state index contributed by atoms with van der Waals surface area (Å²) in [5.41, 5.74) is 14.1. The van der Waals surface area contributed by atoms with Crippen molar-refractivity contribution in [3.05, 3.63) is 53.9 Å². The van der Waals surface area contributed by atoms with E-state index in [-0.39, 0.29) is 4.90 Å². The molecule has 3 rings (SSSR count). The number of hydrogen-bond donors (Lipinski definition) is 3. The highest BCUT2D eigenvalue weighted by molar-refractivity contribution is 7.85. The van der Waals surface area contributed by atoms with E-state index in [1.807, 2.05) is 6.07 Å². The second-order valence-electron chi connectivity index (χ2n) is 5.21. The van der Waals surface area contributed by atoms with Gasteiger partial charge in [-0.1, -0.05) is 12.1 Å². The first-order valence-electron chi connectivity index (χ1n) is 6.99. The zero-order chi connectivity index (χ0) is 17.9. The summed E-state index contributed by atoms with van der Waals surface area (Å²) >= 11 is 0. The van der Waals surface area contributed by atoms with Gasteiger partial charge >= 0.3 is 0 Å². The maximum absolute atomic E-state index is 10.8. The lowest BCUT2D eigenvalue weighted by Gasteiger charge is -2.03. The van der Waals surface area contributed by atoms with Gasteiger partial charge < -0.3 is 11.5 Å². The predicted molar refractivity (Wildman–Crippen MR) is 94.1 cm³/mol. The van der Waals surface area contributed by atoms with Crippen LogP contribution in [0.2, 0.25) is 0 Å². The van der Waals surface area contributed by atoms with E-state index in [1.54, 1.807) is 38.1 Å². The molecule has 0 aliphatic heterocycles. The maximum atomic E-state index is 10.8. The molecule has 0 spiro atoms. The highest BCUT2D eigenvalue weighted by Crippen LogP contribution is 2.19. The number of nitrogen functional groups attached to an aromatic ring is 2. The number of aromatic nitrogens is 2. The minimum atomic E-state index is -4.06. The lowest BCUT2D eigenvalue weighted by molar-refractivity contribution is 0.482. The molecule has 0 saturated heterocycles. The van der Waals surface area contributed by atoms with E-state index < -0.39 is 10.1 Å². The topological polar surface area (TPSA) is 132 Å². The molecule has 0 aliphatic rings. The van der Waals surface area contributed by atoms with Crippen molar-refractivity contribution in [2.75, 3.05) is 11.5 Å². The van der Waals surface area contributed by atoms with Gasteiger partial charge in [-0.2, -0.15) is 8.42 Å². The minimum Gasteiger partial charge on any atom is -0.399 e. The summed E-state index contributed by atoms with van der Waals surface area (Å²) in [6.07, 6.45) is 1.44. The Morgan fingerprint density at radius 2 is 1.75 bits per heavy atom. The van der Waals surface area contributed by atoms with Crippen LogP contribution in [0.1, 0.15) is 11.1 Å². The van der Waals surface area contributed by atoms with Crippen molar-refractivity contribution in [2.45, 2.75) is 18.7 Å². The van der Waals surface area contributed by atoms with E-state index in [0.717, 1.165) is 16.5 Å². The lowest BCUT2D eigenvalue weighted by atomic mass is 10.1. The fourth-order valence-electron chi connectivity index (χ4n) is 2.10. The highest BCUT2D eigenvalue weighted by Gasteiger charge is 2.12. The van der Waals surface area contributed by atoms with E-state index >= 15 is 0 Å². The first-order valence-corrected chi connectivity index (χ1v) is 8.43. The van der Waals surface area contributed by atoms with Gasteiger partial charge in [-0.25, -0.2) is 9.97 Å². The average Bonchev–Trinajstić information content (AvgIpc) is 2.50. The van der Waals surface area contributed by atoms with Gasteiger partial charge in [-0.3, -0.25) is 4.55 Å². The Bertz CT molecular complexity index is 988. The van der Waals surface area contributed by atoms with Crippen molar-refractivity contribution in [1.82, 2.24) is 9.97 Å². The molecular formula is C16H18N4O3S. The predicted octanol–water partition coefficient (Wildman–Crippen LogP) is 2.34. The zero-order valence-electron chi connectivity index (χ0n) is 13.3. The first-order chi connectivity index (χ1) is 11.2. The summed E-state index contributed by atoms with van der Waals surface area (Å²) in [5.74, 6) is 0.465. The zero-order valence-corrected chi connectivity index (χ0v) is 14.1. The SMILES string of the molecule is Cc1cccc(S(=O)(=O)O)c1C.Nc1ccc2ncnc(N)c2c1. The molecule has 3 aromatic rings. The second-order valence-corrected chi connectivity index (χ2v) is 6.60. The molecule has 5 N–H and O–H groups in total. The fourth-order valence-corrected chi connectivity index (χ4v) is 2.90. The van der Waals surface area contributed by atoms with Gasteiger partial charge in [0.25, 0.3) is 10.1 Å². The molecule has 1 heterocycles. The number of fused-ring (bicyclic) bond motifs is 1. The van der Waals surface area contributed by atoms with Crippen LogP contribution in [0.3, 0.4) is 0 Å². The van der Waals surface area contributed by atoms with Crippen molar-refractivity contribution in [1.29, 1.82) is 0 Å². The Labute approximate surface area is 140 Å². The van der Waals surface area contributed by atoms with Crippen LogP contribution >= 0.6 is 0 Å². The van der Waals surface area contributed by atoms with Crippen LogP contribution < -0.4 is 11.5 Å². The Morgan fingerprint density at radius 1 is 1.04 bits per heavy atom. The van der Waals surface area contributed by atoms with Crippen LogP contribution in [-0.4, -0.2) is 22.9 Å². The van der Waals surface area contributed by atoms with Crippen molar-refractivity contribution < 1.29 is 13.0 Å². The van der Waals surface area contributed by atoms with Gasteiger partial charge in [-0.15, -0.1) is 0 Å². The van der Waals surface area contributed by atoms with Gasteiger partial charge in [0.1, 0.15) is 12.1 Å². The monoisotopic (exact) mass is 346 g/mol. The van der Waals surface area contributed by atoms with Gasteiger partial charge in [0.05, 0.1) is 10.4 Å². The molecule has 0 atom stereocenters. The van der Waals surface area contributed by atoms with E-state index in [1.165, 1.54) is 12.4 Å². The first kappa shape index (κ1) is 17.6. The van der Waals surface area contributed by atoms with E-state index in [0.29, 0.717) is 17.1 Å². The van der Waals surface area contributed by atoms with E-state index in [9.17, 15) is 8.42 Å². The largest absolute Gasteiger partial charge is 0.399 e. The Balaban J connectivity index is 0.000000174. The fraction of sp³-hybridized carbons (Fsp3) is 0.125. The van der Waals surface area contributed by atoms with Crippen molar-refractivity contribution in [2.24, 2.45) is 0 Å². The normalized spacial score (nSPS) is 11.0. The van der Waals surface area contributed by atoms with Gasteiger partial charge in [0, 0.05) is 11.1 Å². The lowest BCUT2D eigenvalue weighted by Crippen LogP contribution is -2.01. The molecule has 0 saturated carbocycles. The number of anilines is 2. The third-order valence-electron chi connectivity index (χ3n) is 3.52. The molecule has 126 valence electrons. The summed E-state index contributed by atoms with van der Waals surface area (Å²) in [7, 11) is -4.06. The second kappa shape index (κ2) is 6.81. The molecule has 1 aromatic heterocycles. The summed E-state index contributed by atoms with van der Waals surface area (Å²) in [5, 5.41) is 0.803. The molecule has 0 fully saturated rings. The van der Waals surface area contributed by atoms with Crippen molar-refractivity contribution in [3.8, 4) is 0 Å². The molecule has 0 aliphatic carbocycles. The Hall–Kier alpha value is -2.71. The number of nitrogens with two attached hydrogens (primary N) is 2. The van der Waals surface area contributed by atoms with Gasteiger partial charge in [-0.05, 0) is 49.2 Å². The van der Waals surface area contributed by atoms with E-state index in [2.05, 4.69) is 9.97 Å². The number of rotatable bonds is 1. The number of aryl methyl sites for hydroxylation is 1. The van der Waals surface area contributed by atoms with Crippen molar-refractivity contribution in [3.63, 3.8) is 0 Å². The Morgan fingerprint density at radius 3 is 2.38 bits per heavy atom. The summed E-state index contributed by atoms with van der Waals surface area (Å²) < 4.78 is 30.3. The number of hydrogen-bond acceptors (Lipinski definition) is 6. The Kier molecular flexibility index (Phi) is 5.01. The highest BCUT2D eigenvalue weighted by atomic mass is 32.2. The van der Waals surface area contributed by atoms with E-state index in [4.69, 9.17) is 16.0 Å². The molecule has 7 nitrogen and oxygen atoms in total. The molecule has 2 aromatic carbocycles. The minimum absolute atomic E-state index is 0.0116. The molecular weight excluding hydrogens is 328 g/mol. The number of benzene rings is 2. The van der Waals surface area contributed by atoms with Gasteiger partial charge in [0.2, 0.25) is 0 Å². The van der Waals surface area contributed by atoms with Crippen LogP contribution in [0.5, 0.6) is 0 Å². The molecule has 0 unspecified atom stereocenters. The van der Waals surface area contributed by atoms with Crippen LogP contribution in [0, 0.1) is 13.8 Å². The molecule has 0 amide bonds. The van der Waals surface area contributed by atoms with Crippen molar-refractivity contribution >= 4 is 32.5 Å². The standard InChI is InChI=1S/C8H8N4.C8H10O3S/c9-5-1-2-7-6(3-5)8(10)12-4-11-7;1-6-4-3-5-8(7(6)2)12(9,10)11/h1-4H,9H2,(H2,10,11,12);3-5H,1-2H3,(H,9,10,11). The molecule has 0 bridgehead atoms. The molecule has 0 radical (unpaired) electrons. The average molecular weight is 346 g/mol. The maximum Gasteiger partial charge on any atom is 0.294 e. The summed E-state index contributed by atoms with van der Waals surface area (Å²) in [4.78, 5) is 7.88. The number of nitrogens with zero attached hydrogens (tertiary/aromatic N) is 2. The molecule has 8 heteroatoms. The summed E-state index contributed by atoms with van der Waals surface area (Å²) in [6.45, 7) is 3.46. The van der Waals surface area contributed by atoms with Crippen LogP contribution in [0.4, 0.5) is 11.5 Å².